The Kier molecular flexibility index (Phi) is 4.44. The van der Waals surface area contributed by atoms with Crippen LogP contribution in [0.5, 0.6) is 0 Å². The Labute approximate surface area is 132 Å². The minimum absolute atomic E-state index is 0.0414. The van der Waals surface area contributed by atoms with E-state index in [9.17, 15) is 4.79 Å². The third kappa shape index (κ3) is 3.00. The zero-order valence-electron chi connectivity index (χ0n) is 12.0. The fourth-order valence-corrected chi connectivity index (χ4v) is 2.69. The van der Waals surface area contributed by atoms with Crippen molar-refractivity contribution >= 4 is 35.5 Å². The first kappa shape index (κ1) is 15.0. The van der Waals surface area contributed by atoms with E-state index < -0.39 is 0 Å². The van der Waals surface area contributed by atoms with Gasteiger partial charge in [-0.25, -0.2) is 15.0 Å². The van der Waals surface area contributed by atoms with Crippen LogP contribution in [0.1, 0.15) is 12.8 Å². The highest BCUT2D eigenvalue weighted by atomic mass is 32.1. The summed E-state index contributed by atoms with van der Waals surface area (Å²) in [5, 5.41) is 2.79. The smallest absolute Gasteiger partial charge is 0.249 e. The van der Waals surface area contributed by atoms with Gasteiger partial charge < -0.3 is 20.4 Å². The summed E-state index contributed by atoms with van der Waals surface area (Å²) in [5.41, 5.74) is 7.03. The molecule has 1 aliphatic heterocycles. The van der Waals surface area contributed by atoms with Gasteiger partial charge in [-0.3, -0.25) is 4.79 Å². The van der Waals surface area contributed by atoms with Crippen molar-refractivity contribution in [3.8, 4) is 0 Å². The zero-order valence-corrected chi connectivity index (χ0v) is 12.9. The molecule has 3 heterocycles. The minimum atomic E-state index is -0.389. The number of carbonyl (C=O) groups is 1. The maximum Gasteiger partial charge on any atom is 0.249 e. The van der Waals surface area contributed by atoms with Crippen LogP contribution in [0.2, 0.25) is 0 Å². The van der Waals surface area contributed by atoms with Crippen LogP contribution in [-0.4, -0.2) is 49.9 Å². The second kappa shape index (κ2) is 6.49. The van der Waals surface area contributed by atoms with Crippen LogP contribution in [0.3, 0.4) is 0 Å². The van der Waals surface area contributed by atoms with Crippen LogP contribution in [-0.2, 0) is 16.1 Å². The molecule has 0 saturated carbocycles. The van der Waals surface area contributed by atoms with Crippen molar-refractivity contribution in [1.82, 2.24) is 24.8 Å². The SMILES string of the molecule is Nc1ncnc2c1ncn2C[C@H]1CC[C@@H](C(=O)NCCS)O1. The number of ether oxygens (including phenoxy) is 1. The van der Waals surface area contributed by atoms with E-state index in [2.05, 4.69) is 32.9 Å². The first-order valence-corrected chi connectivity index (χ1v) is 7.77. The lowest BCUT2D eigenvalue weighted by molar-refractivity contribution is -0.132. The topological polar surface area (TPSA) is 108 Å². The highest BCUT2D eigenvalue weighted by molar-refractivity contribution is 7.80. The number of rotatable bonds is 5. The number of hydrogen-bond donors (Lipinski definition) is 3. The van der Waals surface area contributed by atoms with Gasteiger partial charge in [-0.2, -0.15) is 12.6 Å². The molecule has 0 spiro atoms. The monoisotopic (exact) mass is 322 g/mol. The number of fused-ring (bicyclic) bond motifs is 1. The molecule has 0 aromatic carbocycles. The molecule has 0 radical (unpaired) electrons. The summed E-state index contributed by atoms with van der Waals surface area (Å²) >= 11 is 4.07. The van der Waals surface area contributed by atoms with Crippen molar-refractivity contribution in [3.63, 3.8) is 0 Å². The van der Waals surface area contributed by atoms with E-state index in [4.69, 9.17) is 10.5 Å². The summed E-state index contributed by atoms with van der Waals surface area (Å²) in [5.74, 6) is 0.906. The molecule has 3 rings (SSSR count). The van der Waals surface area contributed by atoms with E-state index in [-0.39, 0.29) is 18.1 Å². The van der Waals surface area contributed by atoms with Gasteiger partial charge >= 0.3 is 0 Å². The number of amides is 1. The fourth-order valence-electron chi connectivity index (χ4n) is 2.58. The van der Waals surface area contributed by atoms with Gasteiger partial charge in [0.25, 0.3) is 0 Å². The van der Waals surface area contributed by atoms with Crippen LogP contribution < -0.4 is 11.1 Å². The van der Waals surface area contributed by atoms with Gasteiger partial charge in [-0.05, 0) is 12.8 Å². The number of thiol groups is 1. The summed E-state index contributed by atoms with van der Waals surface area (Å²) < 4.78 is 7.69. The molecule has 2 aromatic rings. The number of hydrogen-bond acceptors (Lipinski definition) is 7. The highest BCUT2D eigenvalue weighted by Crippen LogP contribution is 2.23. The van der Waals surface area contributed by atoms with Crippen LogP contribution in [0.15, 0.2) is 12.7 Å². The number of imidazole rings is 1. The van der Waals surface area contributed by atoms with E-state index in [0.717, 1.165) is 6.42 Å². The normalized spacial score (nSPS) is 21.3. The van der Waals surface area contributed by atoms with Crippen LogP contribution in [0, 0.1) is 0 Å². The molecule has 0 aliphatic carbocycles. The van der Waals surface area contributed by atoms with Gasteiger partial charge in [0.15, 0.2) is 11.5 Å². The Bertz CT molecular complexity index is 676. The molecule has 1 amide bonds. The average molecular weight is 322 g/mol. The average Bonchev–Trinajstić information content (AvgIpc) is 3.14. The maximum absolute atomic E-state index is 11.9. The third-order valence-electron chi connectivity index (χ3n) is 3.64. The third-order valence-corrected chi connectivity index (χ3v) is 3.86. The Morgan fingerprint density at radius 3 is 3.14 bits per heavy atom. The lowest BCUT2D eigenvalue weighted by Gasteiger charge is -2.14. The standard InChI is InChI=1S/C13H18N6O2S/c14-11-10-12(17-6-16-11)19(7-18-10)5-8-1-2-9(21-8)13(20)15-3-4-22/h6-9,22H,1-5H2,(H,15,20)(H2,14,16,17)/t8-,9+/m1/s1. The lowest BCUT2D eigenvalue weighted by atomic mass is 10.2. The predicted molar refractivity (Wildman–Crippen MR) is 84.5 cm³/mol. The van der Waals surface area contributed by atoms with Gasteiger partial charge in [-0.15, -0.1) is 0 Å². The molecule has 9 heteroatoms. The van der Waals surface area contributed by atoms with E-state index in [1.54, 1.807) is 6.33 Å². The first-order valence-electron chi connectivity index (χ1n) is 7.14. The number of nitrogen functional groups attached to an aromatic ring is 1. The molecule has 2 atom stereocenters. The van der Waals surface area contributed by atoms with E-state index in [0.29, 0.717) is 42.2 Å². The summed E-state index contributed by atoms with van der Waals surface area (Å²) in [7, 11) is 0. The van der Waals surface area contributed by atoms with Crippen molar-refractivity contribution < 1.29 is 9.53 Å². The van der Waals surface area contributed by atoms with Crippen molar-refractivity contribution in [1.29, 1.82) is 0 Å². The molecule has 0 bridgehead atoms. The first-order chi connectivity index (χ1) is 10.7. The van der Waals surface area contributed by atoms with Crippen LogP contribution in [0.4, 0.5) is 5.82 Å². The van der Waals surface area contributed by atoms with Crippen molar-refractivity contribution in [2.45, 2.75) is 31.6 Å². The molecule has 22 heavy (non-hydrogen) atoms. The van der Waals surface area contributed by atoms with Gasteiger partial charge in [0.1, 0.15) is 17.9 Å². The van der Waals surface area contributed by atoms with Crippen molar-refractivity contribution in [2.24, 2.45) is 0 Å². The predicted octanol–water partition coefficient (Wildman–Crippen LogP) is 0.00210. The Hall–Kier alpha value is -1.87. The van der Waals surface area contributed by atoms with E-state index in [1.807, 2.05) is 4.57 Å². The largest absolute Gasteiger partial charge is 0.382 e. The van der Waals surface area contributed by atoms with Gasteiger partial charge in [0, 0.05) is 12.3 Å². The molecule has 8 nitrogen and oxygen atoms in total. The molecule has 1 fully saturated rings. The summed E-state index contributed by atoms with van der Waals surface area (Å²) in [4.78, 5) is 24.2. The fraction of sp³-hybridized carbons (Fsp3) is 0.538. The number of anilines is 1. The number of carbonyl (C=O) groups excluding carboxylic acids is 1. The minimum Gasteiger partial charge on any atom is -0.382 e. The second-order valence-electron chi connectivity index (χ2n) is 5.17. The maximum atomic E-state index is 11.9. The van der Waals surface area contributed by atoms with Gasteiger partial charge in [0.2, 0.25) is 5.91 Å². The van der Waals surface area contributed by atoms with Gasteiger partial charge in [-0.1, -0.05) is 0 Å². The number of aromatic nitrogens is 4. The molecule has 0 unspecified atom stereocenters. The van der Waals surface area contributed by atoms with Crippen molar-refractivity contribution in [3.05, 3.63) is 12.7 Å². The van der Waals surface area contributed by atoms with Crippen molar-refractivity contribution in [2.75, 3.05) is 18.0 Å². The molecular formula is C13H18N6O2S. The van der Waals surface area contributed by atoms with Crippen LogP contribution >= 0.6 is 12.6 Å². The quantitative estimate of drug-likeness (QED) is 0.669. The zero-order chi connectivity index (χ0) is 15.5. The molecule has 1 saturated heterocycles. The lowest BCUT2D eigenvalue weighted by Crippen LogP contribution is -2.36. The Morgan fingerprint density at radius 2 is 2.32 bits per heavy atom. The second-order valence-corrected chi connectivity index (χ2v) is 5.61. The summed E-state index contributed by atoms with van der Waals surface area (Å²) in [6.07, 6.45) is 4.19. The number of nitrogens with zero attached hydrogens (tertiary/aromatic N) is 4. The Morgan fingerprint density at radius 1 is 1.45 bits per heavy atom. The van der Waals surface area contributed by atoms with E-state index >= 15 is 0 Å². The summed E-state index contributed by atoms with van der Waals surface area (Å²) in [6, 6.07) is 0. The van der Waals surface area contributed by atoms with Crippen LogP contribution in [0.25, 0.3) is 11.2 Å². The molecule has 118 valence electrons. The molecule has 2 aromatic heterocycles. The molecular weight excluding hydrogens is 304 g/mol. The number of nitrogens with one attached hydrogen (secondary N) is 1. The molecule has 1 aliphatic rings. The molecule has 3 N–H and O–H groups in total. The number of nitrogens with two attached hydrogens (primary N) is 1. The van der Waals surface area contributed by atoms with E-state index in [1.165, 1.54) is 6.33 Å². The highest BCUT2D eigenvalue weighted by Gasteiger charge is 2.30. The van der Waals surface area contributed by atoms with Gasteiger partial charge in [0.05, 0.1) is 19.0 Å². The Balaban J connectivity index is 1.64. The summed E-state index contributed by atoms with van der Waals surface area (Å²) in [6.45, 7) is 1.14.